The van der Waals surface area contributed by atoms with Crippen LogP contribution in [0.1, 0.15) is 29.4 Å². The molecule has 0 aliphatic carbocycles. The highest BCUT2D eigenvalue weighted by molar-refractivity contribution is 5.89. The van der Waals surface area contributed by atoms with Gasteiger partial charge in [-0.1, -0.05) is 25.1 Å². The first-order chi connectivity index (χ1) is 10.1. The zero-order valence-corrected chi connectivity index (χ0v) is 12.4. The number of pyridine rings is 1. The number of rotatable bonds is 5. The Morgan fingerprint density at radius 1 is 1.24 bits per heavy atom. The third-order valence-corrected chi connectivity index (χ3v) is 3.40. The van der Waals surface area contributed by atoms with Gasteiger partial charge < -0.3 is 10.5 Å². The fourth-order valence-corrected chi connectivity index (χ4v) is 2.06. The van der Waals surface area contributed by atoms with E-state index in [1.54, 1.807) is 12.1 Å². The normalized spacial score (nSPS) is 12.0. The van der Waals surface area contributed by atoms with Crippen molar-refractivity contribution in [2.24, 2.45) is 5.73 Å². The van der Waals surface area contributed by atoms with Crippen LogP contribution < -0.4 is 5.73 Å². The van der Waals surface area contributed by atoms with Crippen LogP contribution in [-0.2, 0) is 11.2 Å². The Morgan fingerprint density at radius 3 is 2.57 bits per heavy atom. The Hall–Kier alpha value is -2.20. The average molecular weight is 284 g/mol. The van der Waals surface area contributed by atoms with Gasteiger partial charge in [0, 0.05) is 23.7 Å². The van der Waals surface area contributed by atoms with E-state index in [0.717, 1.165) is 29.8 Å². The van der Waals surface area contributed by atoms with E-state index < -0.39 is 0 Å². The number of methoxy groups -OCH3 is 1. The molecule has 0 radical (unpaired) electrons. The Labute approximate surface area is 125 Å². The second-order valence-electron chi connectivity index (χ2n) is 4.96. The van der Waals surface area contributed by atoms with E-state index in [-0.39, 0.29) is 12.0 Å². The van der Waals surface area contributed by atoms with E-state index in [0.29, 0.717) is 5.56 Å². The summed E-state index contributed by atoms with van der Waals surface area (Å²) in [6.45, 7) is 2.07. The molecular formula is C17H20N2O2. The van der Waals surface area contributed by atoms with Gasteiger partial charge in [0.05, 0.1) is 18.4 Å². The lowest BCUT2D eigenvalue weighted by atomic mass is 10.1. The van der Waals surface area contributed by atoms with E-state index in [1.165, 1.54) is 7.11 Å². The van der Waals surface area contributed by atoms with Crippen molar-refractivity contribution in [3.05, 3.63) is 53.7 Å². The molecule has 1 unspecified atom stereocenters. The van der Waals surface area contributed by atoms with Crippen LogP contribution in [0.2, 0.25) is 0 Å². The van der Waals surface area contributed by atoms with Crippen LogP contribution in [0.25, 0.3) is 11.3 Å². The maximum absolute atomic E-state index is 11.4. The summed E-state index contributed by atoms with van der Waals surface area (Å²) in [6.07, 6.45) is 1.70. The molecule has 1 aromatic heterocycles. The molecule has 21 heavy (non-hydrogen) atoms. The smallest absolute Gasteiger partial charge is 0.337 e. The molecule has 2 aromatic rings. The summed E-state index contributed by atoms with van der Waals surface area (Å²) >= 11 is 0. The molecule has 2 rings (SSSR count). The number of carbonyl (C=O) groups excluding carboxylic acids is 1. The van der Waals surface area contributed by atoms with Crippen molar-refractivity contribution in [3.63, 3.8) is 0 Å². The Bertz CT molecular complexity index is 608. The third-order valence-electron chi connectivity index (χ3n) is 3.40. The summed E-state index contributed by atoms with van der Waals surface area (Å²) < 4.78 is 4.69. The van der Waals surface area contributed by atoms with Gasteiger partial charge in [0.25, 0.3) is 0 Å². The Morgan fingerprint density at radius 2 is 1.95 bits per heavy atom. The maximum Gasteiger partial charge on any atom is 0.337 e. The van der Waals surface area contributed by atoms with Crippen molar-refractivity contribution in [1.82, 2.24) is 4.98 Å². The quantitative estimate of drug-likeness (QED) is 0.857. The number of hydrogen-bond donors (Lipinski definition) is 1. The predicted octanol–water partition coefficient (Wildman–Crippen LogP) is 2.82. The van der Waals surface area contributed by atoms with E-state index in [9.17, 15) is 4.79 Å². The monoisotopic (exact) mass is 284 g/mol. The number of nitrogens with zero attached hydrogens (tertiary/aromatic N) is 1. The van der Waals surface area contributed by atoms with Crippen molar-refractivity contribution < 1.29 is 9.53 Å². The molecule has 4 heteroatoms. The molecule has 0 spiro atoms. The van der Waals surface area contributed by atoms with Crippen LogP contribution >= 0.6 is 0 Å². The van der Waals surface area contributed by atoms with Gasteiger partial charge in [-0.25, -0.2) is 4.79 Å². The summed E-state index contributed by atoms with van der Waals surface area (Å²) in [5, 5.41) is 0. The maximum atomic E-state index is 11.4. The first kappa shape index (κ1) is 15.2. The van der Waals surface area contributed by atoms with Gasteiger partial charge in [0.1, 0.15) is 0 Å². The molecule has 0 amide bonds. The lowest BCUT2D eigenvalue weighted by Crippen LogP contribution is -2.21. The molecule has 1 atom stereocenters. The van der Waals surface area contributed by atoms with Crippen molar-refractivity contribution in [3.8, 4) is 11.3 Å². The van der Waals surface area contributed by atoms with Gasteiger partial charge in [-0.15, -0.1) is 0 Å². The number of esters is 1. The van der Waals surface area contributed by atoms with Crippen molar-refractivity contribution in [2.45, 2.75) is 25.8 Å². The first-order valence-electron chi connectivity index (χ1n) is 7.04. The molecule has 1 heterocycles. The highest BCUT2D eigenvalue weighted by atomic mass is 16.5. The van der Waals surface area contributed by atoms with Crippen LogP contribution in [0.3, 0.4) is 0 Å². The van der Waals surface area contributed by atoms with Gasteiger partial charge in [-0.05, 0) is 30.7 Å². The third kappa shape index (κ3) is 3.89. The fraction of sp³-hybridized carbons (Fsp3) is 0.294. The standard InChI is InChI=1S/C17H20N2O2/c1-3-14(18)11-15-5-4-6-16(19-15)12-7-9-13(10-8-12)17(20)21-2/h4-10,14H,3,11,18H2,1-2H3. The van der Waals surface area contributed by atoms with E-state index in [4.69, 9.17) is 5.73 Å². The zero-order chi connectivity index (χ0) is 15.2. The van der Waals surface area contributed by atoms with Crippen molar-refractivity contribution in [2.75, 3.05) is 7.11 Å². The molecule has 110 valence electrons. The van der Waals surface area contributed by atoms with Gasteiger partial charge >= 0.3 is 5.97 Å². The molecule has 0 aliphatic heterocycles. The van der Waals surface area contributed by atoms with Crippen molar-refractivity contribution >= 4 is 5.97 Å². The van der Waals surface area contributed by atoms with E-state index in [1.807, 2.05) is 30.3 Å². The lowest BCUT2D eigenvalue weighted by molar-refractivity contribution is 0.0601. The Balaban J connectivity index is 2.21. The molecule has 2 N–H and O–H groups in total. The van der Waals surface area contributed by atoms with Crippen LogP contribution in [0.4, 0.5) is 0 Å². The second-order valence-corrected chi connectivity index (χ2v) is 4.96. The topological polar surface area (TPSA) is 65.2 Å². The number of carbonyl (C=O) groups is 1. The highest BCUT2D eigenvalue weighted by Crippen LogP contribution is 2.19. The number of hydrogen-bond acceptors (Lipinski definition) is 4. The molecule has 1 aromatic carbocycles. The summed E-state index contributed by atoms with van der Waals surface area (Å²) in [7, 11) is 1.37. The second kappa shape index (κ2) is 6.99. The summed E-state index contributed by atoms with van der Waals surface area (Å²) in [4.78, 5) is 16.0. The van der Waals surface area contributed by atoms with Gasteiger partial charge in [-0.2, -0.15) is 0 Å². The largest absolute Gasteiger partial charge is 0.465 e. The first-order valence-corrected chi connectivity index (χ1v) is 7.04. The molecule has 0 saturated carbocycles. The minimum Gasteiger partial charge on any atom is -0.465 e. The minimum absolute atomic E-state index is 0.134. The summed E-state index contributed by atoms with van der Waals surface area (Å²) in [5.41, 5.74) is 9.34. The van der Waals surface area contributed by atoms with Crippen LogP contribution in [0, 0.1) is 0 Å². The molecule has 0 bridgehead atoms. The summed E-state index contributed by atoms with van der Waals surface area (Å²) in [6, 6.07) is 13.3. The molecule has 0 aliphatic rings. The van der Waals surface area contributed by atoms with Crippen LogP contribution in [0.15, 0.2) is 42.5 Å². The van der Waals surface area contributed by atoms with Gasteiger partial charge in [0.15, 0.2) is 0 Å². The number of aromatic nitrogens is 1. The zero-order valence-electron chi connectivity index (χ0n) is 12.4. The molecule has 0 saturated heterocycles. The summed E-state index contributed by atoms with van der Waals surface area (Å²) in [5.74, 6) is -0.336. The average Bonchev–Trinajstić information content (AvgIpc) is 2.54. The van der Waals surface area contributed by atoms with Gasteiger partial charge in [0.2, 0.25) is 0 Å². The minimum atomic E-state index is -0.336. The van der Waals surface area contributed by atoms with Crippen LogP contribution in [-0.4, -0.2) is 24.1 Å². The molecule has 4 nitrogen and oxygen atoms in total. The molecular weight excluding hydrogens is 264 g/mol. The number of nitrogens with two attached hydrogens (primary N) is 1. The predicted molar refractivity (Wildman–Crippen MR) is 83.0 cm³/mol. The number of ether oxygens (including phenoxy) is 1. The van der Waals surface area contributed by atoms with E-state index in [2.05, 4.69) is 16.6 Å². The van der Waals surface area contributed by atoms with Crippen LogP contribution in [0.5, 0.6) is 0 Å². The lowest BCUT2D eigenvalue weighted by Gasteiger charge is -2.09. The Kier molecular flexibility index (Phi) is 5.06. The number of benzene rings is 1. The molecule has 0 fully saturated rings. The fourth-order valence-electron chi connectivity index (χ4n) is 2.06. The van der Waals surface area contributed by atoms with Crippen molar-refractivity contribution in [1.29, 1.82) is 0 Å². The van der Waals surface area contributed by atoms with E-state index >= 15 is 0 Å². The SMILES string of the molecule is CCC(N)Cc1cccc(-c2ccc(C(=O)OC)cc2)n1. The van der Waals surface area contributed by atoms with Gasteiger partial charge in [-0.3, -0.25) is 4.98 Å². The highest BCUT2D eigenvalue weighted by Gasteiger charge is 2.07.